The summed E-state index contributed by atoms with van der Waals surface area (Å²) in [6, 6.07) is 7.93. The zero-order valence-corrected chi connectivity index (χ0v) is 13.1. The highest BCUT2D eigenvalue weighted by molar-refractivity contribution is 6.30. The highest BCUT2D eigenvalue weighted by atomic mass is 35.5. The molecule has 2 atom stereocenters. The van der Waals surface area contributed by atoms with Gasteiger partial charge in [0.05, 0.1) is 5.92 Å². The van der Waals surface area contributed by atoms with E-state index in [4.69, 9.17) is 11.6 Å². The van der Waals surface area contributed by atoms with Gasteiger partial charge in [-0.3, -0.25) is 4.79 Å². The van der Waals surface area contributed by atoms with E-state index in [-0.39, 0.29) is 5.92 Å². The first-order valence-electron chi connectivity index (χ1n) is 7.65. The number of anilines is 1. The molecule has 2 heterocycles. The predicted octanol–water partition coefficient (Wildman–Crippen LogP) is 1.84. The largest absolute Gasteiger partial charge is 0.368 e. The Labute approximate surface area is 131 Å². The summed E-state index contributed by atoms with van der Waals surface area (Å²) in [6.45, 7) is 7.29. The van der Waals surface area contributed by atoms with Gasteiger partial charge in [0.2, 0.25) is 5.91 Å². The molecular formula is C16H22ClN3O. The summed E-state index contributed by atoms with van der Waals surface area (Å²) in [5, 5.41) is 4.07. The number of nitrogens with one attached hydrogen (secondary N) is 1. The van der Waals surface area contributed by atoms with Gasteiger partial charge < -0.3 is 15.1 Å². The number of amides is 1. The lowest BCUT2D eigenvalue weighted by Gasteiger charge is -2.37. The number of halogens is 1. The molecule has 0 radical (unpaired) electrons. The maximum atomic E-state index is 12.6. The molecular weight excluding hydrogens is 286 g/mol. The number of hydrogen-bond acceptors (Lipinski definition) is 3. The van der Waals surface area contributed by atoms with Crippen LogP contribution >= 0.6 is 11.6 Å². The summed E-state index contributed by atoms with van der Waals surface area (Å²) in [4.78, 5) is 16.9. The van der Waals surface area contributed by atoms with Crippen LogP contribution in [0.5, 0.6) is 0 Å². The first-order chi connectivity index (χ1) is 10.1. The highest BCUT2D eigenvalue weighted by Gasteiger charge is 2.33. The summed E-state index contributed by atoms with van der Waals surface area (Å²) in [7, 11) is 0. The summed E-state index contributed by atoms with van der Waals surface area (Å²) in [6.07, 6.45) is 0. The highest BCUT2D eigenvalue weighted by Crippen LogP contribution is 2.23. The third kappa shape index (κ3) is 3.16. The Bertz CT molecular complexity index is 514. The Morgan fingerprint density at radius 2 is 2.00 bits per heavy atom. The summed E-state index contributed by atoms with van der Waals surface area (Å²) >= 11 is 6.05. The van der Waals surface area contributed by atoms with Crippen LogP contribution in [-0.2, 0) is 4.79 Å². The molecule has 2 unspecified atom stereocenters. The first kappa shape index (κ1) is 14.7. The normalized spacial score (nSPS) is 26.2. The molecule has 21 heavy (non-hydrogen) atoms. The van der Waals surface area contributed by atoms with E-state index in [1.165, 1.54) is 0 Å². The van der Waals surface area contributed by atoms with E-state index in [1.54, 1.807) is 0 Å². The van der Waals surface area contributed by atoms with Crippen molar-refractivity contribution in [3.63, 3.8) is 0 Å². The van der Waals surface area contributed by atoms with Crippen molar-refractivity contribution < 1.29 is 4.79 Å². The lowest BCUT2D eigenvalue weighted by Crippen LogP contribution is -2.51. The SMILES string of the molecule is CC1CNCC1C(=O)N1CCN(c2cccc(Cl)c2)CC1. The van der Waals surface area contributed by atoms with Gasteiger partial charge in [-0.05, 0) is 30.7 Å². The van der Waals surface area contributed by atoms with Gasteiger partial charge in [-0.25, -0.2) is 0 Å². The van der Waals surface area contributed by atoms with Gasteiger partial charge in [-0.15, -0.1) is 0 Å². The van der Waals surface area contributed by atoms with Gasteiger partial charge in [0, 0.05) is 43.4 Å². The smallest absolute Gasteiger partial charge is 0.227 e. The van der Waals surface area contributed by atoms with Crippen molar-refractivity contribution in [2.45, 2.75) is 6.92 Å². The first-order valence-corrected chi connectivity index (χ1v) is 8.03. The van der Waals surface area contributed by atoms with Crippen molar-refractivity contribution in [3.8, 4) is 0 Å². The standard InChI is InChI=1S/C16H22ClN3O/c1-12-10-18-11-15(12)16(21)20-7-5-19(6-8-20)14-4-2-3-13(17)9-14/h2-4,9,12,15,18H,5-8,10-11H2,1H3. The minimum atomic E-state index is 0.155. The number of carbonyl (C=O) groups excluding carboxylic acids is 1. The van der Waals surface area contributed by atoms with Crippen molar-refractivity contribution in [1.82, 2.24) is 10.2 Å². The Morgan fingerprint density at radius 1 is 1.24 bits per heavy atom. The van der Waals surface area contributed by atoms with Gasteiger partial charge in [-0.2, -0.15) is 0 Å². The molecule has 0 bridgehead atoms. The number of hydrogen-bond donors (Lipinski definition) is 1. The Morgan fingerprint density at radius 3 is 2.62 bits per heavy atom. The van der Waals surface area contributed by atoms with Crippen LogP contribution in [0.1, 0.15) is 6.92 Å². The van der Waals surface area contributed by atoms with E-state index < -0.39 is 0 Å². The molecule has 2 aliphatic heterocycles. The fraction of sp³-hybridized carbons (Fsp3) is 0.562. The molecule has 114 valence electrons. The Hall–Kier alpha value is -1.26. The van der Waals surface area contributed by atoms with Gasteiger partial charge in [-0.1, -0.05) is 24.6 Å². The van der Waals surface area contributed by atoms with Crippen molar-refractivity contribution in [1.29, 1.82) is 0 Å². The van der Waals surface area contributed by atoms with E-state index >= 15 is 0 Å². The summed E-state index contributed by atoms with van der Waals surface area (Å²) in [5.74, 6) is 0.921. The fourth-order valence-corrected chi connectivity index (χ4v) is 3.42. The third-order valence-electron chi connectivity index (χ3n) is 4.60. The maximum Gasteiger partial charge on any atom is 0.227 e. The van der Waals surface area contributed by atoms with Crippen molar-refractivity contribution in [3.05, 3.63) is 29.3 Å². The number of carbonyl (C=O) groups is 1. The molecule has 1 aromatic rings. The summed E-state index contributed by atoms with van der Waals surface area (Å²) < 4.78 is 0. The lowest BCUT2D eigenvalue weighted by molar-refractivity contribution is -0.136. The van der Waals surface area contributed by atoms with Crippen LogP contribution in [0.25, 0.3) is 0 Å². The molecule has 1 aromatic carbocycles. The molecule has 3 rings (SSSR count). The minimum Gasteiger partial charge on any atom is -0.368 e. The molecule has 1 N–H and O–H groups in total. The molecule has 4 nitrogen and oxygen atoms in total. The van der Waals surface area contributed by atoms with Crippen molar-refractivity contribution >= 4 is 23.2 Å². The van der Waals surface area contributed by atoms with E-state index in [0.717, 1.165) is 50.0 Å². The maximum absolute atomic E-state index is 12.6. The molecule has 0 aromatic heterocycles. The van der Waals surface area contributed by atoms with Crippen LogP contribution in [0.2, 0.25) is 5.02 Å². The molecule has 5 heteroatoms. The van der Waals surface area contributed by atoms with E-state index in [9.17, 15) is 4.79 Å². The van der Waals surface area contributed by atoms with E-state index in [2.05, 4.69) is 23.2 Å². The van der Waals surface area contributed by atoms with E-state index in [0.29, 0.717) is 11.8 Å². The molecule has 2 aliphatic rings. The van der Waals surface area contributed by atoms with Crippen LogP contribution in [0, 0.1) is 11.8 Å². The van der Waals surface area contributed by atoms with Crippen LogP contribution in [-0.4, -0.2) is 50.1 Å². The van der Waals surface area contributed by atoms with Gasteiger partial charge >= 0.3 is 0 Å². The average molecular weight is 308 g/mol. The molecule has 2 saturated heterocycles. The third-order valence-corrected chi connectivity index (χ3v) is 4.83. The zero-order valence-electron chi connectivity index (χ0n) is 12.4. The van der Waals surface area contributed by atoms with Crippen LogP contribution in [0.3, 0.4) is 0 Å². The predicted molar refractivity (Wildman–Crippen MR) is 85.8 cm³/mol. The van der Waals surface area contributed by atoms with Gasteiger partial charge in [0.25, 0.3) is 0 Å². The molecule has 0 spiro atoms. The molecule has 0 saturated carbocycles. The Balaban J connectivity index is 1.59. The monoisotopic (exact) mass is 307 g/mol. The van der Waals surface area contributed by atoms with Gasteiger partial charge in [0.1, 0.15) is 0 Å². The van der Waals surface area contributed by atoms with Gasteiger partial charge in [0.15, 0.2) is 0 Å². The van der Waals surface area contributed by atoms with Crippen molar-refractivity contribution in [2.75, 3.05) is 44.2 Å². The lowest BCUT2D eigenvalue weighted by atomic mass is 9.96. The minimum absolute atomic E-state index is 0.155. The second-order valence-corrected chi connectivity index (χ2v) is 6.47. The van der Waals surface area contributed by atoms with Crippen molar-refractivity contribution in [2.24, 2.45) is 11.8 Å². The zero-order chi connectivity index (χ0) is 14.8. The number of nitrogens with zero attached hydrogens (tertiary/aromatic N) is 2. The second-order valence-electron chi connectivity index (χ2n) is 6.03. The number of rotatable bonds is 2. The molecule has 2 fully saturated rings. The average Bonchev–Trinajstić information content (AvgIpc) is 2.93. The van der Waals surface area contributed by atoms with Crippen LogP contribution in [0.4, 0.5) is 5.69 Å². The van der Waals surface area contributed by atoms with E-state index in [1.807, 2.05) is 23.1 Å². The van der Waals surface area contributed by atoms with Crippen LogP contribution < -0.4 is 10.2 Å². The number of piperazine rings is 1. The second kappa shape index (κ2) is 6.24. The molecule has 0 aliphatic carbocycles. The number of benzene rings is 1. The summed E-state index contributed by atoms with van der Waals surface area (Å²) in [5.41, 5.74) is 1.14. The topological polar surface area (TPSA) is 35.6 Å². The fourth-order valence-electron chi connectivity index (χ4n) is 3.23. The molecule has 1 amide bonds. The quantitative estimate of drug-likeness (QED) is 0.906. The van der Waals surface area contributed by atoms with Crippen LogP contribution in [0.15, 0.2) is 24.3 Å². The Kier molecular flexibility index (Phi) is 4.36.